The normalized spacial score (nSPS) is 14.2. The maximum absolute atomic E-state index is 12.2. The fraction of sp³-hybridized carbons (Fsp3) is 0.150. The molecule has 1 saturated heterocycles. The molecule has 1 aliphatic heterocycles. The molecule has 0 radical (unpaired) electrons. The van der Waals surface area contributed by atoms with E-state index in [0.717, 1.165) is 20.8 Å². The van der Waals surface area contributed by atoms with E-state index in [2.05, 4.69) is 16.4 Å². The van der Waals surface area contributed by atoms with E-state index >= 15 is 0 Å². The van der Waals surface area contributed by atoms with Crippen LogP contribution in [0.2, 0.25) is 0 Å². The van der Waals surface area contributed by atoms with E-state index in [1.54, 1.807) is 23.5 Å². The lowest BCUT2D eigenvalue weighted by Crippen LogP contribution is -2.38. The molecule has 4 rings (SSSR count). The number of aryl methyl sites for hydroxylation is 1. The molecule has 0 atom stereocenters. The van der Waals surface area contributed by atoms with Gasteiger partial charge in [-0.15, -0.1) is 11.3 Å². The lowest BCUT2D eigenvalue weighted by atomic mass is 10.2. The van der Waals surface area contributed by atoms with Gasteiger partial charge in [-0.2, -0.15) is 0 Å². The van der Waals surface area contributed by atoms with Crippen molar-refractivity contribution in [2.45, 2.75) is 6.92 Å². The first-order chi connectivity index (χ1) is 13.8. The minimum atomic E-state index is -1.01. The van der Waals surface area contributed by atoms with Crippen LogP contribution in [0.3, 0.4) is 0 Å². The van der Waals surface area contributed by atoms with Crippen molar-refractivity contribution in [3.63, 3.8) is 0 Å². The van der Waals surface area contributed by atoms with E-state index in [-0.39, 0.29) is 0 Å². The summed E-state index contributed by atoms with van der Waals surface area (Å²) in [4.78, 5) is 53.2. The Labute approximate surface area is 169 Å². The second-order valence-corrected chi connectivity index (χ2v) is 7.68. The molecule has 2 aromatic carbocycles. The molecular formula is C20H16N4O4S. The monoisotopic (exact) mass is 408 g/mol. The smallest absolute Gasteiger partial charge is 0.325 e. The Morgan fingerprint density at radius 3 is 2.45 bits per heavy atom. The minimum absolute atomic E-state index is 0.509. The van der Waals surface area contributed by atoms with Crippen molar-refractivity contribution < 1.29 is 19.2 Å². The Kier molecular flexibility index (Phi) is 4.59. The molecule has 1 aromatic heterocycles. The van der Waals surface area contributed by atoms with Crippen LogP contribution in [-0.2, 0) is 14.4 Å². The number of nitrogens with one attached hydrogen (secondary N) is 1. The van der Waals surface area contributed by atoms with Gasteiger partial charge in [0.25, 0.3) is 0 Å². The van der Waals surface area contributed by atoms with Crippen LogP contribution < -0.4 is 5.32 Å². The lowest BCUT2D eigenvalue weighted by Gasteiger charge is -2.12. The zero-order valence-electron chi connectivity index (χ0n) is 15.6. The fourth-order valence-corrected chi connectivity index (χ4v) is 4.02. The molecule has 8 nitrogen and oxygen atoms in total. The van der Waals surface area contributed by atoms with Crippen molar-refractivity contribution in [2.75, 3.05) is 18.9 Å². The van der Waals surface area contributed by atoms with Gasteiger partial charge in [-0.05, 0) is 48.9 Å². The average Bonchev–Trinajstić information content (AvgIpc) is 3.19. The summed E-state index contributed by atoms with van der Waals surface area (Å²) >= 11 is 1.59. The van der Waals surface area contributed by atoms with Crippen LogP contribution in [0.4, 0.5) is 10.5 Å². The van der Waals surface area contributed by atoms with Crippen LogP contribution in [0.25, 0.3) is 20.8 Å². The third-order valence-electron chi connectivity index (χ3n) is 4.51. The first kappa shape index (κ1) is 18.8. The van der Waals surface area contributed by atoms with Gasteiger partial charge in [-0.1, -0.05) is 6.07 Å². The second-order valence-electron chi connectivity index (χ2n) is 6.65. The number of hydrogen-bond acceptors (Lipinski definition) is 6. The van der Waals surface area contributed by atoms with E-state index in [1.807, 2.05) is 31.2 Å². The lowest BCUT2D eigenvalue weighted by molar-refractivity contribution is -0.143. The number of benzene rings is 2. The number of thiazole rings is 1. The predicted molar refractivity (Wildman–Crippen MR) is 108 cm³/mol. The molecule has 29 heavy (non-hydrogen) atoms. The van der Waals surface area contributed by atoms with Crippen molar-refractivity contribution in [3.05, 3.63) is 48.0 Å². The number of fused-ring (bicyclic) bond motifs is 1. The number of amides is 5. The predicted octanol–water partition coefficient (Wildman–Crippen LogP) is 2.63. The van der Waals surface area contributed by atoms with Crippen LogP contribution in [0.1, 0.15) is 5.56 Å². The van der Waals surface area contributed by atoms with Crippen molar-refractivity contribution in [1.82, 2.24) is 14.8 Å². The van der Waals surface area contributed by atoms with E-state index in [4.69, 9.17) is 0 Å². The summed E-state index contributed by atoms with van der Waals surface area (Å²) in [5.74, 6) is -2.52. The van der Waals surface area contributed by atoms with Crippen LogP contribution in [-0.4, -0.2) is 52.1 Å². The molecule has 2 heterocycles. The zero-order chi connectivity index (χ0) is 20.7. The van der Waals surface area contributed by atoms with Crippen molar-refractivity contribution >= 4 is 51.0 Å². The number of aromatic nitrogens is 1. The summed E-state index contributed by atoms with van der Waals surface area (Å²) in [5, 5.41) is 3.49. The number of imide groups is 2. The molecule has 0 unspecified atom stereocenters. The molecule has 5 amide bonds. The Balaban J connectivity index is 1.45. The van der Waals surface area contributed by atoms with Crippen molar-refractivity contribution in [3.8, 4) is 10.6 Å². The van der Waals surface area contributed by atoms with Crippen molar-refractivity contribution in [2.24, 2.45) is 0 Å². The number of carbonyl (C=O) groups excluding carboxylic acids is 4. The molecule has 0 saturated carbocycles. The topological polar surface area (TPSA) is 99.7 Å². The largest absolute Gasteiger partial charge is 0.334 e. The molecule has 0 aliphatic carbocycles. The number of anilines is 1. The average molecular weight is 408 g/mol. The van der Waals surface area contributed by atoms with Gasteiger partial charge in [0.1, 0.15) is 11.6 Å². The third-order valence-corrected chi connectivity index (χ3v) is 5.58. The highest BCUT2D eigenvalue weighted by atomic mass is 32.1. The molecule has 3 aromatic rings. The summed E-state index contributed by atoms with van der Waals surface area (Å²) in [6.45, 7) is 1.51. The standard InChI is InChI=1S/C20H16N4O4S/c1-11-3-8-14-15(9-11)29-17(22-14)12-4-6-13(7-5-12)21-16(25)10-24-19(27)18(26)23(2)20(24)28/h3-9H,10H2,1-2H3,(H,21,25). The molecule has 1 aliphatic rings. The first-order valence-corrected chi connectivity index (χ1v) is 9.56. The summed E-state index contributed by atoms with van der Waals surface area (Å²) in [6.07, 6.45) is 0. The maximum Gasteiger partial charge on any atom is 0.334 e. The van der Waals surface area contributed by atoms with Gasteiger partial charge in [-0.3, -0.25) is 19.3 Å². The highest BCUT2D eigenvalue weighted by Crippen LogP contribution is 2.31. The van der Waals surface area contributed by atoms with Gasteiger partial charge >= 0.3 is 17.8 Å². The Bertz CT molecular complexity index is 1170. The van der Waals surface area contributed by atoms with E-state index < -0.39 is 30.3 Å². The van der Waals surface area contributed by atoms with Gasteiger partial charge < -0.3 is 5.32 Å². The first-order valence-electron chi connectivity index (χ1n) is 8.74. The molecule has 1 fully saturated rings. The number of hydrogen-bond donors (Lipinski definition) is 1. The highest BCUT2D eigenvalue weighted by molar-refractivity contribution is 7.21. The SMILES string of the molecule is Cc1ccc2nc(-c3ccc(NC(=O)CN4C(=O)C(=O)N(C)C4=O)cc3)sc2c1. The van der Waals surface area contributed by atoms with E-state index in [1.165, 1.54) is 12.6 Å². The number of urea groups is 1. The Morgan fingerprint density at radius 2 is 1.79 bits per heavy atom. The van der Waals surface area contributed by atoms with Crippen LogP contribution in [0.5, 0.6) is 0 Å². The van der Waals surface area contributed by atoms with Gasteiger partial charge in [0, 0.05) is 18.3 Å². The summed E-state index contributed by atoms with van der Waals surface area (Å²) in [5.41, 5.74) is 3.54. The molecular weight excluding hydrogens is 392 g/mol. The quantitative estimate of drug-likeness (QED) is 0.528. The Hall–Kier alpha value is -3.59. The highest BCUT2D eigenvalue weighted by Gasteiger charge is 2.42. The fourth-order valence-electron chi connectivity index (χ4n) is 2.95. The van der Waals surface area contributed by atoms with Gasteiger partial charge in [-0.25, -0.2) is 14.7 Å². The second kappa shape index (κ2) is 7.10. The zero-order valence-corrected chi connectivity index (χ0v) is 16.4. The van der Waals surface area contributed by atoms with Gasteiger partial charge in [0.05, 0.1) is 10.2 Å². The number of nitrogens with zero attached hydrogens (tertiary/aromatic N) is 3. The molecule has 9 heteroatoms. The Morgan fingerprint density at radius 1 is 1.07 bits per heavy atom. The van der Waals surface area contributed by atoms with E-state index in [9.17, 15) is 19.2 Å². The van der Waals surface area contributed by atoms with Crippen LogP contribution in [0, 0.1) is 6.92 Å². The maximum atomic E-state index is 12.2. The number of likely N-dealkylation sites (N-methyl/N-ethyl adjacent to an activating group) is 1. The summed E-state index contributed by atoms with van der Waals surface area (Å²) < 4.78 is 1.11. The molecule has 146 valence electrons. The molecule has 1 N–H and O–H groups in total. The van der Waals surface area contributed by atoms with Gasteiger partial charge in [0.15, 0.2) is 0 Å². The number of rotatable bonds is 4. The molecule has 0 bridgehead atoms. The summed E-state index contributed by atoms with van der Waals surface area (Å²) in [7, 11) is 1.20. The third kappa shape index (κ3) is 3.47. The number of carbonyl (C=O) groups is 4. The minimum Gasteiger partial charge on any atom is -0.325 e. The molecule has 0 spiro atoms. The van der Waals surface area contributed by atoms with Crippen LogP contribution >= 0.6 is 11.3 Å². The van der Waals surface area contributed by atoms with Gasteiger partial charge in [0.2, 0.25) is 5.91 Å². The van der Waals surface area contributed by atoms with E-state index in [0.29, 0.717) is 15.5 Å². The van der Waals surface area contributed by atoms with Crippen LogP contribution in [0.15, 0.2) is 42.5 Å². The summed E-state index contributed by atoms with van der Waals surface area (Å²) in [6, 6.07) is 12.4. The van der Waals surface area contributed by atoms with Crippen molar-refractivity contribution in [1.29, 1.82) is 0 Å².